The number of rotatable bonds is 4. The van der Waals surface area contributed by atoms with Crippen molar-refractivity contribution in [3.8, 4) is 0 Å². The Labute approximate surface area is 156 Å². The summed E-state index contributed by atoms with van der Waals surface area (Å²) in [6.07, 6.45) is 6.35. The molecule has 1 atom stereocenters. The Balaban J connectivity index is 1.41. The molecule has 0 spiro atoms. The van der Waals surface area contributed by atoms with E-state index in [0.717, 1.165) is 43.0 Å². The Morgan fingerprint density at radius 3 is 2.70 bits per heavy atom. The smallest absolute Gasteiger partial charge is 0.223 e. The van der Waals surface area contributed by atoms with Crippen molar-refractivity contribution < 1.29 is 15.0 Å². The van der Waals surface area contributed by atoms with Gasteiger partial charge in [0, 0.05) is 43.6 Å². The number of aromatic nitrogens is 4. The second kappa shape index (κ2) is 6.13. The zero-order valence-corrected chi connectivity index (χ0v) is 15.2. The lowest BCUT2D eigenvalue weighted by Crippen LogP contribution is -2.51. The van der Waals surface area contributed by atoms with Crippen molar-refractivity contribution in [2.45, 2.75) is 37.8 Å². The summed E-state index contributed by atoms with van der Waals surface area (Å²) in [6, 6.07) is 0.445. The average molecular weight is 372 g/mol. The Morgan fingerprint density at radius 2 is 1.93 bits per heavy atom. The van der Waals surface area contributed by atoms with Crippen LogP contribution in [-0.4, -0.2) is 79.4 Å². The first kappa shape index (κ1) is 16.9. The van der Waals surface area contributed by atoms with Crippen molar-refractivity contribution in [1.29, 1.82) is 0 Å². The fourth-order valence-electron chi connectivity index (χ4n) is 4.84. The molecular formula is C18H24N6O3. The van der Waals surface area contributed by atoms with Gasteiger partial charge in [-0.15, -0.1) is 0 Å². The van der Waals surface area contributed by atoms with E-state index in [4.69, 9.17) is 0 Å². The molecule has 1 aliphatic carbocycles. The number of carbonyl (C=O) groups excluding carboxylic acids is 1. The van der Waals surface area contributed by atoms with Crippen LogP contribution in [0.15, 0.2) is 12.7 Å². The van der Waals surface area contributed by atoms with Gasteiger partial charge in [0.05, 0.1) is 19.5 Å². The van der Waals surface area contributed by atoms with Gasteiger partial charge in [-0.1, -0.05) is 0 Å². The van der Waals surface area contributed by atoms with Gasteiger partial charge in [0.15, 0.2) is 17.0 Å². The maximum atomic E-state index is 11.9. The number of imidazole rings is 1. The van der Waals surface area contributed by atoms with Crippen molar-refractivity contribution in [2.75, 3.05) is 37.7 Å². The van der Waals surface area contributed by atoms with Gasteiger partial charge < -0.3 is 24.6 Å². The van der Waals surface area contributed by atoms with Crippen LogP contribution in [0.2, 0.25) is 0 Å². The molecule has 1 amide bonds. The van der Waals surface area contributed by atoms with Crippen molar-refractivity contribution in [2.24, 2.45) is 5.41 Å². The molecule has 0 bridgehead atoms. The highest BCUT2D eigenvalue weighted by Crippen LogP contribution is 2.48. The highest BCUT2D eigenvalue weighted by molar-refractivity contribution is 5.84. The molecule has 1 unspecified atom stereocenters. The monoisotopic (exact) mass is 372 g/mol. The molecule has 9 nitrogen and oxygen atoms in total. The van der Waals surface area contributed by atoms with Crippen LogP contribution >= 0.6 is 0 Å². The van der Waals surface area contributed by atoms with Crippen LogP contribution < -0.4 is 4.90 Å². The van der Waals surface area contributed by atoms with Crippen LogP contribution in [0.5, 0.6) is 0 Å². The first-order valence-electron chi connectivity index (χ1n) is 9.58. The number of fused-ring (bicyclic) bond motifs is 2. The van der Waals surface area contributed by atoms with Gasteiger partial charge >= 0.3 is 0 Å². The molecule has 4 heterocycles. The van der Waals surface area contributed by atoms with E-state index < -0.39 is 0 Å². The molecule has 144 valence electrons. The van der Waals surface area contributed by atoms with Crippen LogP contribution in [0.3, 0.4) is 0 Å². The van der Waals surface area contributed by atoms with E-state index in [-0.39, 0.29) is 36.6 Å². The number of hydrogen-bond donors (Lipinski definition) is 2. The van der Waals surface area contributed by atoms with Crippen molar-refractivity contribution in [1.82, 2.24) is 24.4 Å². The van der Waals surface area contributed by atoms with Crippen molar-refractivity contribution >= 4 is 22.9 Å². The Kier molecular flexibility index (Phi) is 3.83. The number of nitrogens with zero attached hydrogens (tertiary/aromatic N) is 6. The van der Waals surface area contributed by atoms with Gasteiger partial charge in [0.25, 0.3) is 0 Å². The molecule has 27 heavy (non-hydrogen) atoms. The molecule has 0 aromatic carbocycles. The zero-order chi connectivity index (χ0) is 18.6. The van der Waals surface area contributed by atoms with Gasteiger partial charge in [-0.2, -0.15) is 0 Å². The molecule has 9 heteroatoms. The maximum absolute atomic E-state index is 11.9. The average Bonchev–Trinajstić information content (AvgIpc) is 3.25. The van der Waals surface area contributed by atoms with E-state index in [1.54, 1.807) is 12.7 Å². The molecule has 2 aliphatic heterocycles. The molecule has 2 aromatic heterocycles. The minimum atomic E-state index is -0.386. The van der Waals surface area contributed by atoms with Crippen LogP contribution in [0, 0.1) is 5.41 Å². The van der Waals surface area contributed by atoms with Gasteiger partial charge in [0.1, 0.15) is 6.33 Å². The van der Waals surface area contributed by atoms with Gasteiger partial charge in [-0.3, -0.25) is 4.79 Å². The van der Waals surface area contributed by atoms with Crippen molar-refractivity contribution in [3.63, 3.8) is 0 Å². The van der Waals surface area contributed by atoms with E-state index in [2.05, 4.69) is 19.9 Å². The first-order chi connectivity index (χ1) is 13.1. The third-order valence-electron chi connectivity index (χ3n) is 6.53. The summed E-state index contributed by atoms with van der Waals surface area (Å²) in [7, 11) is 0. The number of aliphatic hydroxyl groups is 2. The van der Waals surface area contributed by atoms with E-state index in [0.29, 0.717) is 19.3 Å². The Hall–Kier alpha value is -2.26. The number of amides is 1. The lowest BCUT2D eigenvalue weighted by Gasteiger charge is -2.45. The molecule has 2 N–H and O–H groups in total. The normalized spacial score (nSPS) is 25.1. The molecule has 5 rings (SSSR count). The second-order valence-corrected chi connectivity index (χ2v) is 8.13. The molecule has 3 aliphatic rings. The standard InChI is InChI=1S/C18H24N6O3/c25-8-18(9-26)5-13(6-18)24-11-21-15-16(19-10-20-17(15)24)22-3-4-23-12(7-22)1-2-14(23)27/h10-13,25-26H,1-9H2. The van der Waals surface area contributed by atoms with Crippen LogP contribution in [-0.2, 0) is 4.79 Å². The summed E-state index contributed by atoms with van der Waals surface area (Å²) in [5, 5.41) is 19.1. The summed E-state index contributed by atoms with van der Waals surface area (Å²) >= 11 is 0. The molecular weight excluding hydrogens is 348 g/mol. The van der Waals surface area contributed by atoms with E-state index in [1.807, 2.05) is 9.47 Å². The summed E-state index contributed by atoms with van der Waals surface area (Å²) in [6.45, 7) is 2.26. The number of aliphatic hydroxyl groups excluding tert-OH is 2. The van der Waals surface area contributed by atoms with Crippen LogP contribution in [0.4, 0.5) is 5.82 Å². The zero-order valence-electron chi connectivity index (χ0n) is 15.2. The fourth-order valence-corrected chi connectivity index (χ4v) is 4.84. The maximum Gasteiger partial charge on any atom is 0.223 e. The predicted molar refractivity (Wildman–Crippen MR) is 97.1 cm³/mol. The number of piperazine rings is 1. The minimum Gasteiger partial charge on any atom is -0.396 e. The summed E-state index contributed by atoms with van der Waals surface area (Å²) in [5.74, 6) is 1.09. The quantitative estimate of drug-likeness (QED) is 0.774. The predicted octanol–water partition coefficient (Wildman–Crippen LogP) is -0.0568. The molecule has 2 aromatic rings. The third kappa shape index (κ3) is 2.52. The van der Waals surface area contributed by atoms with Crippen molar-refractivity contribution in [3.05, 3.63) is 12.7 Å². The highest BCUT2D eigenvalue weighted by atomic mass is 16.3. The largest absolute Gasteiger partial charge is 0.396 e. The number of anilines is 1. The van der Waals surface area contributed by atoms with Crippen LogP contribution in [0.25, 0.3) is 11.2 Å². The molecule has 3 fully saturated rings. The van der Waals surface area contributed by atoms with E-state index in [1.165, 1.54) is 0 Å². The van der Waals surface area contributed by atoms with E-state index in [9.17, 15) is 15.0 Å². The van der Waals surface area contributed by atoms with Gasteiger partial charge in [0.2, 0.25) is 5.91 Å². The molecule has 0 radical (unpaired) electrons. The van der Waals surface area contributed by atoms with Gasteiger partial charge in [-0.05, 0) is 19.3 Å². The van der Waals surface area contributed by atoms with Crippen LogP contribution in [0.1, 0.15) is 31.7 Å². The lowest BCUT2D eigenvalue weighted by molar-refractivity contribution is -0.129. The summed E-state index contributed by atoms with van der Waals surface area (Å²) in [5.41, 5.74) is 1.18. The SMILES string of the molecule is O=C1CCC2CN(c3ncnc4c3ncn4C3CC(CO)(CO)C3)CCN12. The van der Waals surface area contributed by atoms with Gasteiger partial charge in [-0.25, -0.2) is 15.0 Å². The number of carbonyl (C=O) groups is 1. The second-order valence-electron chi connectivity index (χ2n) is 8.13. The topological polar surface area (TPSA) is 108 Å². The Bertz CT molecular complexity index is 871. The third-order valence-corrected chi connectivity index (χ3v) is 6.53. The summed E-state index contributed by atoms with van der Waals surface area (Å²) < 4.78 is 2.04. The highest BCUT2D eigenvalue weighted by Gasteiger charge is 2.45. The van der Waals surface area contributed by atoms with E-state index >= 15 is 0 Å². The first-order valence-corrected chi connectivity index (χ1v) is 9.58. The summed E-state index contributed by atoms with van der Waals surface area (Å²) in [4.78, 5) is 29.7. The lowest BCUT2D eigenvalue weighted by atomic mass is 9.66. The fraction of sp³-hybridized carbons (Fsp3) is 0.667. The number of hydrogen-bond acceptors (Lipinski definition) is 7. The molecule has 1 saturated carbocycles. The Morgan fingerprint density at radius 1 is 1.11 bits per heavy atom. The minimum absolute atomic E-state index is 0.00273. The molecule has 2 saturated heterocycles.